The highest BCUT2D eigenvalue weighted by molar-refractivity contribution is 5.50. The summed E-state index contributed by atoms with van der Waals surface area (Å²) in [5.74, 6) is 1.40. The predicted molar refractivity (Wildman–Crippen MR) is 65.6 cm³/mol. The van der Waals surface area contributed by atoms with E-state index in [2.05, 4.69) is 11.6 Å². The molecule has 16 heavy (non-hydrogen) atoms. The summed E-state index contributed by atoms with van der Waals surface area (Å²) in [7, 11) is 0. The maximum absolute atomic E-state index is 5.61. The van der Waals surface area contributed by atoms with Crippen molar-refractivity contribution < 1.29 is 4.74 Å². The molecule has 0 unspecified atom stereocenters. The summed E-state index contributed by atoms with van der Waals surface area (Å²) in [6, 6.07) is 13.4. The van der Waals surface area contributed by atoms with Crippen LogP contribution in [0.5, 0.6) is 11.6 Å². The van der Waals surface area contributed by atoms with Crippen molar-refractivity contribution in [2.24, 2.45) is 0 Å². The second-order valence-corrected chi connectivity index (χ2v) is 3.44. The van der Waals surface area contributed by atoms with Crippen LogP contribution >= 0.6 is 0 Å². The molecule has 0 fully saturated rings. The van der Waals surface area contributed by atoms with Crippen LogP contribution in [0.15, 0.2) is 49.0 Å². The van der Waals surface area contributed by atoms with Gasteiger partial charge >= 0.3 is 0 Å². The molecule has 0 N–H and O–H groups in total. The molecule has 0 radical (unpaired) electrons. The van der Waals surface area contributed by atoms with E-state index in [4.69, 9.17) is 4.74 Å². The standard InChI is InChI=1S/C14H13NO/c1-3-12-9-10-14(15-11(12)2)16-13-7-5-4-6-8-13/h3-10H,1H2,2H3. The van der Waals surface area contributed by atoms with Crippen LogP contribution in [0.1, 0.15) is 11.3 Å². The van der Waals surface area contributed by atoms with Crippen molar-refractivity contribution in [1.82, 2.24) is 4.98 Å². The van der Waals surface area contributed by atoms with Gasteiger partial charge in [0.25, 0.3) is 0 Å². The quantitative estimate of drug-likeness (QED) is 0.769. The highest BCUT2D eigenvalue weighted by Gasteiger charge is 2.00. The van der Waals surface area contributed by atoms with Crippen molar-refractivity contribution in [3.63, 3.8) is 0 Å². The molecule has 0 spiro atoms. The van der Waals surface area contributed by atoms with E-state index in [1.165, 1.54) is 0 Å². The monoisotopic (exact) mass is 211 g/mol. The van der Waals surface area contributed by atoms with Crippen molar-refractivity contribution in [3.8, 4) is 11.6 Å². The van der Waals surface area contributed by atoms with Gasteiger partial charge in [0.05, 0.1) is 0 Å². The average molecular weight is 211 g/mol. The summed E-state index contributed by atoms with van der Waals surface area (Å²) in [4.78, 5) is 4.35. The van der Waals surface area contributed by atoms with Gasteiger partial charge in [-0.15, -0.1) is 0 Å². The minimum absolute atomic E-state index is 0.606. The Morgan fingerprint density at radius 1 is 1.12 bits per heavy atom. The lowest BCUT2D eigenvalue weighted by atomic mass is 10.2. The molecule has 2 heteroatoms. The van der Waals surface area contributed by atoms with Gasteiger partial charge in [-0.3, -0.25) is 0 Å². The third kappa shape index (κ3) is 2.28. The fourth-order valence-corrected chi connectivity index (χ4v) is 1.43. The molecule has 80 valence electrons. The van der Waals surface area contributed by atoms with E-state index in [1.807, 2.05) is 49.4 Å². The van der Waals surface area contributed by atoms with Crippen molar-refractivity contribution in [2.45, 2.75) is 6.92 Å². The van der Waals surface area contributed by atoms with Crippen LogP contribution in [0.25, 0.3) is 6.08 Å². The highest BCUT2D eigenvalue weighted by atomic mass is 16.5. The number of hydrogen-bond acceptors (Lipinski definition) is 2. The molecule has 2 nitrogen and oxygen atoms in total. The van der Waals surface area contributed by atoms with E-state index in [0.717, 1.165) is 17.0 Å². The number of hydrogen-bond donors (Lipinski definition) is 0. The molecule has 0 amide bonds. The number of ether oxygens (including phenoxy) is 1. The smallest absolute Gasteiger partial charge is 0.219 e. The van der Waals surface area contributed by atoms with E-state index in [1.54, 1.807) is 6.08 Å². The number of rotatable bonds is 3. The van der Waals surface area contributed by atoms with Crippen LogP contribution in [0.3, 0.4) is 0 Å². The second kappa shape index (κ2) is 4.62. The predicted octanol–water partition coefficient (Wildman–Crippen LogP) is 3.83. The molecule has 1 aromatic carbocycles. The number of aromatic nitrogens is 1. The molecular formula is C14H13NO. The van der Waals surface area contributed by atoms with Gasteiger partial charge in [0.2, 0.25) is 5.88 Å². The van der Waals surface area contributed by atoms with Crippen LogP contribution in [0.2, 0.25) is 0 Å². The number of nitrogens with zero attached hydrogens (tertiary/aromatic N) is 1. The normalized spacial score (nSPS) is 9.81. The van der Waals surface area contributed by atoms with E-state index in [9.17, 15) is 0 Å². The lowest BCUT2D eigenvalue weighted by Crippen LogP contribution is -1.91. The van der Waals surface area contributed by atoms with E-state index in [-0.39, 0.29) is 0 Å². The first-order valence-electron chi connectivity index (χ1n) is 5.12. The Labute approximate surface area is 95.2 Å². The largest absolute Gasteiger partial charge is 0.439 e. The third-order valence-electron chi connectivity index (χ3n) is 2.29. The summed E-state index contributed by atoms with van der Waals surface area (Å²) in [6.45, 7) is 5.66. The maximum atomic E-state index is 5.61. The first kappa shape index (κ1) is 10.4. The fourth-order valence-electron chi connectivity index (χ4n) is 1.43. The van der Waals surface area contributed by atoms with Crippen molar-refractivity contribution >= 4 is 6.08 Å². The Morgan fingerprint density at radius 2 is 1.88 bits per heavy atom. The average Bonchev–Trinajstić information content (AvgIpc) is 2.31. The Kier molecular flexibility index (Phi) is 3.01. The summed E-state index contributed by atoms with van der Waals surface area (Å²) in [5.41, 5.74) is 1.95. The number of aryl methyl sites for hydroxylation is 1. The Morgan fingerprint density at radius 3 is 2.50 bits per heavy atom. The van der Waals surface area contributed by atoms with Crippen LogP contribution in [0.4, 0.5) is 0 Å². The van der Waals surface area contributed by atoms with Gasteiger partial charge in [0.15, 0.2) is 0 Å². The second-order valence-electron chi connectivity index (χ2n) is 3.44. The molecule has 0 aliphatic heterocycles. The van der Waals surface area contributed by atoms with Gasteiger partial charge in [0.1, 0.15) is 5.75 Å². The number of benzene rings is 1. The van der Waals surface area contributed by atoms with Gasteiger partial charge in [-0.1, -0.05) is 30.9 Å². The minimum Gasteiger partial charge on any atom is -0.439 e. The molecule has 1 heterocycles. The first-order chi connectivity index (χ1) is 7.79. The topological polar surface area (TPSA) is 22.1 Å². The maximum Gasteiger partial charge on any atom is 0.219 e. The lowest BCUT2D eigenvalue weighted by Gasteiger charge is -2.06. The SMILES string of the molecule is C=Cc1ccc(Oc2ccccc2)nc1C. The summed E-state index contributed by atoms with van der Waals surface area (Å²) in [5, 5.41) is 0. The van der Waals surface area contributed by atoms with Crippen LogP contribution < -0.4 is 4.74 Å². The molecule has 2 rings (SSSR count). The molecule has 2 aromatic rings. The zero-order valence-electron chi connectivity index (χ0n) is 9.18. The van der Waals surface area contributed by atoms with Crippen LogP contribution in [-0.2, 0) is 0 Å². The molecular weight excluding hydrogens is 198 g/mol. The zero-order chi connectivity index (χ0) is 11.4. The zero-order valence-corrected chi connectivity index (χ0v) is 9.18. The summed E-state index contributed by atoms with van der Waals surface area (Å²) in [6.07, 6.45) is 1.79. The summed E-state index contributed by atoms with van der Waals surface area (Å²) >= 11 is 0. The van der Waals surface area contributed by atoms with Gasteiger partial charge in [0, 0.05) is 11.8 Å². The van der Waals surface area contributed by atoms with E-state index >= 15 is 0 Å². The highest BCUT2D eigenvalue weighted by Crippen LogP contribution is 2.20. The van der Waals surface area contributed by atoms with Crippen LogP contribution in [-0.4, -0.2) is 4.98 Å². The Hall–Kier alpha value is -2.09. The minimum atomic E-state index is 0.606. The van der Waals surface area contributed by atoms with Crippen molar-refractivity contribution in [2.75, 3.05) is 0 Å². The Balaban J connectivity index is 2.23. The molecule has 0 saturated heterocycles. The van der Waals surface area contributed by atoms with E-state index < -0.39 is 0 Å². The van der Waals surface area contributed by atoms with Gasteiger partial charge in [-0.05, 0) is 30.7 Å². The lowest BCUT2D eigenvalue weighted by molar-refractivity contribution is 0.461. The molecule has 0 saturated carbocycles. The van der Waals surface area contributed by atoms with Crippen molar-refractivity contribution in [1.29, 1.82) is 0 Å². The molecule has 0 bridgehead atoms. The molecule has 0 aliphatic rings. The first-order valence-corrected chi connectivity index (χ1v) is 5.12. The van der Waals surface area contributed by atoms with Gasteiger partial charge in [-0.2, -0.15) is 0 Å². The molecule has 0 atom stereocenters. The number of para-hydroxylation sites is 1. The fraction of sp³-hybridized carbons (Fsp3) is 0.0714. The van der Waals surface area contributed by atoms with Gasteiger partial charge < -0.3 is 4.74 Å². The van der Waals surface area contributed by atoms with Crippen molar-refractivity contribution in [3.05, 3.63) is 60.3 Å². The van der Waals surface area contributed by atoms with Crippen LogP contribution in [0, 0.1) is 6.92 Å². The summed E-state index contributed by atoms with van der Waals surface area (Å²) < 4.78 is 5.61. The van der Waals surface area contributed by atoms with E-state index in [0.29, 0.717) is 5.88 Å². The molecule has 1 aromatic heterocycles. The Bertz CT molecular complexity index is 491. The molecule has 0 aliphatic carbocycles. The number of pyridine rings is 1. The third-order valence-corrected chi connectivity index (χ3v) is 2.29. The van der Waals surface area contributed by atoms with Gasteiger partial charge in [-0.25, -0.2) is 4.98 Å².